The lowest BCUT2D eigenvalue weighted by molar-refractivity contribution is 0.0827. The van der Waals surface area contributed by atoms with E-state index in [4.69, 9.17) is 14.0 Å². The maximum atomic E-state index is 12.5. The second-order valence-electron chi connectivity index (χ2n) is 8.07. The molecule has 0 fully saturated rings. The van der Waals surface area contributed by atoms with Gasteiger partial charge in [0.25, 0.3) is 17.4 Å². The summed E-state index contributed by atoms with van der Waals surface area (Å²) < 4.78 is 17.7. The fourth-order valence-electron chi connectivity index (χ4n) is 3.43. The van der Waals surface area contributed by atoms with Crippen LogP contribution in [0, 0.1) is 0 Å². The number of carbonyl (C=O) groups excluding carboxylic acids is 1. The quantitative estimate of drug-likeness (QED) is 0.343. The van der Waals surface area contributed by atoms with Gasteiger partial charge < -0.3 is 23.5 Å². The maximum absolute atomic E-state index is 12.5. The SMILES string of the molecule is COCCOc1cccc(Cn2cc(-c3noc(-c4ccc(C(=O)N(C)C)cc4)n3)ccc2=O)c1. The number of amides is 1. The van der Waals surface area contributed by atoms with E-state index in [0.29, 0.717) is 53.9 Å². The summed E-state index contributed by atoms with van der Waals surface area (Å²) in [5, 5.41) is 4.07. The van der Waals surface area contributed by atoms with Crippen LogP contribution in [0.3, 0.4) is 0 Å². The number of rotatable bonds is 9. The fraction of sp³-hybridized carbons (Fsp3) is 0.231. The first-order valence-corrected chi connectivity index (χ1v) is 11.0. The molecule has 2 aromatic carbocycles. The van der Waals surface area contributed by atoms with Gasteiger partial charge in [0, 0.05) is 50.2 Å². The highest BCUT2D eigenvalue weighted by Crippen LogP contribution is 2.23. The molecule has 9 nitrogen and oxygen atoms in total. The van der Waals surface area contributed by atoms with Crippen LogP contribution in [0.2, 0.25) is 0 Å². The van der Waals surface area contributed by atoms with Crippen LogP contribution in [-0.4, -0.2) is 59.9 Å². The molecule has 0 bridgehead atoms. The number of hydrogen-bond donors (Lipinski definition) is 0. The van der Waals surface area contributed by atoms with Crippen molar-refractivity contribution >= 4 is 5.91 Å². The summed E-state index contributed by atoms with van der Waals surface area (Å²) in [6, 6.07) is 17.7. The molecule has 35 heavy (non-hydrogen) atoms. The maximum Gasteiger partial charge on any atom is 0.258 e. The van der Waals surface area contributed by atoms with Gasteiger partial charge in [0.1, 0.15) is 12.4 Å². The number of hydrogen-bond acceptors (Lipinski definition) is 7. The summed E-state index contributed by atoms with van der Waals surface area (Å²) in [6.07, 6.45) is 1.70. The Bertz CT molecular complexity index is 1360. The zero-order chi connectivity index (χ0) is 24.8. The zero-order valence-corrected chi connectivity index (χ0v) is 19.8. The van der Waals surface area contributed by atoms with Crippen molar-refractivity contribution in [3.63, 3.8) is 0 Å². The molecule has 0 aliphatic carbocycles. The van der Waals surface area contributed by atoms with Crippen molar-refractivity contribution in [2.45, 2.75) is 6.54 Å². The summed E-state index contributed by atoms with van der Waals surface area (Å²) in [5.41, 5.74) is 2.67. The molecule has 0 aliphatic rings. The number of methoxy groups -OCH3 is 1. The van der Waals surface area contributed by atoms with Crippen LogP contribution in [0.5, 0.6) is 5.75 Å². The minimum Gasteiger partial charge on any atom is -0.491 e. The van der Waals surface area contributed by atoms with Crippen molar-refractivity contribution in [1.82, 2.24) is 19.6 Å². The highest BCUT2D eigenvalue weighted by molar-refractivity contribution is 5.94. The molecule has 0 N–H and O–H groups in total. The highest BCUT2D eigenvalue weighted by atomic mass is 16.5. The fourth-order valence-corrected chi connectivity index (χ4v) is 3.43. The summed E-state index contributed by atoms with van der Waals surface area (Å²) in [6.45, 7) is 1.31. The molecule has 0 aliphatic heterocycles. The van der Waals surface area contributed by atoms with Crippen molar-refractivity contribution in [2.75, 3.05) is 34.4 Å². The van der Waals surface area contributed by atoms with Crippen molar-refractivity contribution in [2.24, 2.45) is 0 Å². The lowest BCUT2D eigenvalue weighted by Gasteiger charge is -2.10. The number of pyridine rings is 1. The number of carbonyl (C=O) groups is 1. The molecule has 0 spiro atoms. The molecule has 2 heterocycles. The molecular formula is C26H26N4O5. The molecular weight excluding hydrogens is 448 g/mol. The number of ether oxygens (including phenoxy) is 2. The third-order valence-electron chi connectivity index (χ3n) is 5.26. The minimum absolute atomic E-state index is 0.0860. The van der Waals surface area contributed by atoms with E-state index in [0.717, 1.165) is 5.56 Å². The predicted molar refractivity (Wildman–Crippen MR) is 130 cm³/mol. The third-order valence-corrected chi connectivity index (χ3v) is 5.26. The lowest BCUT2D eigenvalue weighted by Crippen LogP contribution is -2.21. The van der Waals surface area contributed by atoms with E-state index < -0.39 is 0 Å². The molecule has 0 radical (unpaired) electrons. The highest BCUT2D eigenvalue weighted by Gasteiger charge is 2.14. The van der Waals surface area contributed by atoms with Crippen LogP contribution < -0.4 is 10.3 Å². The average Bonchev–Trinajstić information content (AvgIpc) is 3.36. The number of benzene rings is 2. The molecule has 180 valence electrons. The van der Waals surface area contributed by atoms with Crippen LogP contribution in [-0.2, 0) is 11.3 Å². The van der Waals surface area contributed by atoms with E-state index in [1.807, 2.05) is 24.3 Å². The molecule has 0 saturated carbocycles. The normalized spacial score (nSPS) is 10.8. The zero-order valence-electron chi connectivity index (χ0n) is 19.8. The van der Waals surface area contributed by atoms with Crippen LogP contribution in [0.15, 0.2) is 76.2 Å². The largest absolute Gasteiger partial charge is 0.491 e. The Morgan fingerprint density at radius 1 is 1.03 bits per heavy atom. The standard InChI is InChI=1S/C26H26N4O5/c1-29(2)26(32)20-9-7-19(8-10-20)25-27-24(28-35-25)21-11-12-23(31)30(17-21)16-18-5-4-6-22(15-18)34-14-13-33-3/h4-12,15,17H,13-14,16H2,1-3H3. The predicted octanol–water partition coefficient (Wildman–Crippen LogP) is 3.34. The van der Waals surface area contributed by atoms with E-state index in [9.17, 15) is 9.59 Å². The molecule has 0 atom stereocenters. The summed E-state index contributed by atoms with van der Waals surface area (Å²) >= 11 is 0. The van der Waals surface area contributed by atoms with Gasteiger partial charge >= 0.3 is 0 Å². The second kappa shape index (κ2) is 10.8. The van der Waals surface area contributed by atoms with Gasteiger partial charge in [0.05, 0.1) is 13.2 Å². The van der Waals surface area contributed by atoms with Crippen LogP contribution in [0.1, 0.15) is 15.9 Å². The Labute approximate surface area is 202 Å². The Morgan fingerprint density at radius 3 is 2.54 bits per heavy atom. The van der Waals surface area contributed by atoms with Gasteiger partial charge in [-0.3, -0.25) is 9.59 Å². The van der Waals surface area contributed by atoms with Gasteiger partial charge in [-0.1, -0.05) is 17.3 Å². The topological polar surface area (TPSA) is 99.7 Å². The van der Waals surface area contributed by atoms with Crippen molar-refractivity contribution in [3.8, 4) is 28.6 Å². The molecule has 0 saturated heterocycles. The summed E-state index contributed by atoms with van der Waals surface area (Å²) in [4.78, 5) is 30.6. The van der Waals surface area contributed by atoms with Gasteiger partial charge in [-0.05, 0) is 48.0 Å². The number of nitrogens with zero attached hydrogens (tertiary/aromatic N) is 4. The first kappa shape index (κ1) is 23.9. The van der Waals surface area contributed by atoms with Gasteiger partial charge in [-0.25, -0.2) is 0 Å². The molecule has 9 heteroatoms. The Kier molecular flexibility index (Phi) is 7.37. The van der Waals surface area contributed by atoms with Crippen molar-refractivity contribution < 1.29 is 18.8 Å². The van der Waals surface area contributed by atoms with Gasteiger partial charge in [0.15, 0.2) is 0 Å². The van der Waals surface area contributed by atoms with Gasteiger partial charge in [0.2, 0.25) is 5.82 Å². The molecule has 0 unspecified atom stereocenters. The summed E-state index contributed by atoms with van der Waals surface area (Å²) in [5.74, 6) is 1.31. The molecule has 4 rings (SSSR count). The van der Waals surface area contributed by atoms with Crippen molar-refractivity contribution in [1.29, 1.82) is 0 Å². The molecule has 1 amide bonds. The smallest absolute Gasteiger partial charge is 0.258 e. The van der Waals surface area contributed by atoms with Gasteiger partial charge in [-0.2, -0.15) is 4.98 Å². The van der Waals surface area contributed by atoms with E-state index in [2.05, 4.69) is 10.1 Å². The van der Waals surface area contributed by atoms with Crippen LogP contribution in [0.25, 0.3) is 22.8 Å². The van der Waals surface area contributed by atoms with E-state index in [1.165, 1.54) is 11.0 Å². The minimum atomic E-state index is -0.149. The lowest BCUT2D eigenvalue weighted by atomic mass is 10.1. The van der Waals surface area contributed by atoms with Crippen LogP contribution >= 0.6 is 0 Å². The van der Waals surface area contributed by atoms with Gasteiger partial charge in [-0.15, -0.1) is 0 Å². The first-order chi connectivity index (χ1) is 16.9. The van der Waals surface area contributed by atoms with E-state index >= 15 is 0 Å². The Hall–Kier alpha value is -4.24. The Balaban J connectivity index is 1.52. The van der Waals surface area contributed by atoms with E-state index in [1.54, 1.807) is 62.3 Å². The van der Waals surface area contributed by atoms with Crippen LogP contribution in [0.4, 0.5) is 0 Å². The Morgan fingerprint density at radius 2 is 1.80 bits per heavy atom. The molecule has 2 aromatic heterocycles. The van der Waals surface area contributed by atoms with Crippen molar-refractivity contribution in [3.05, 3.63) is 88.3 Å². The summed E-state index contributed by atoms with van der Waals surface area (Å²) in [7, 11) is 5.02. The molecule has 4 aromatic rings. The first-order valence-electron chi connectivity index (χ1n) is 11.0. The monoisotopic (exact) mass is 474 g/mol. The second-order valence-corrected chi connectivity index (χ2v) is 8.07. The number of aromatic nitrogens is 3. The third kappa shape index (κ3) is 5.82. The van der Waals surface area contributed by atoms with E-state index in [-0.39, 0.29) is 11.5 Å². The average molecular weight is 475 g/mol.